The molecule has 1 rings (SSSR count). The number of aliphatic hydroxyl groups excluding tert-OH is 1. The molecule has 0 amide bonds. The third-order valence-corrected chi connectivity index (χ3v) is 3.10. The van der Waals surface area contributed by atoms with Gasteiger partial charge in [-0.15, -0.1) is 0 Å². The number of aliphatic hydroxyl groups is 1. The van der Waals surface area contributed by atoms with Gasteiger partial charge >= 0.3 is 5.97 Å². The number of esters is 1. The third kappa shape index (κ3) is 5.33. The summed E-state index contributed by atoms with van der Waals surface area (Å²) < 4.78 is 5.44. The zero-order valence-electron chi connectivity index (χ0n) is 12.9. The van der Waals surface area contributed by atoms with Gasteiger partial charge in [0.15, 0.2) is 0 Å². The predicted molar refractivity (Wildman–Crippen MR) is 80.3 cm³/mol. The van der Waals surface area contributed by atoms with Crippen molar-refractivity contribution in [2.45, 2.75) is 58.7 Å². The largest absolute Gasteiger partial charge is 0.460 e. The Morgan fingerprint density at radius 1 is 1.25 bits per heavy atom. The topological polar surface area (TPSA) is 46.5 Å². The Morgan fingerprint density at radius 2 is 1.85 bits per heavy atom. The lowest BCUT2D eigenvalue weighted by Crippen LogP contribution is -2.31. The van der Waals surface area contributed by atoms with Gasteiger partial charge < -0.3 is 9.84 Å². The first-order valence-electron chi connectivity index (χ1n) is 7.31. The van der Waals surface area contributed by atoms with Crippen molar-refractivity contribution in [1.29, 1.82) is 0 Å². The molecular weight excluding hydrogens is 252 g/mol. The van der Waals surface area contributed by atoms with Gasteiger partial charge in [0.2, 0.25) is 0 Å². The highest BCUT2D eigenvalue weighted by molar-refractivity contribution is 5.73. The van der Waals surface area contributed by atoms with Crippen LogP contribution in [-0.4, -0.2) is 16.7 Å². The molecule has 112 valence electrons. The summed E-state index contributed by atoms with van der Waals surface area (Å²) in [5, 5.41) is 10.5. The lowest BCUT2D eigenvalue weighted by atomic mass is 9.91. The van der Waals surface area contributed by atoms with E-state index in [0.29, 0.717) is 6.42 Å². The SMILES string of the molecule is CCCCC(C(=O)OC(C)(C)C)C(O)c1ccccc1. The molecule has 3 heteroatoms. The van der Waals surface area contributed by atoms with Gasteiger partial charge in [-0.3, -0.25) is 4.79 Å². The van der Waals surface area contributed by atoms with Crippen LogP contribution < -0.4 is 0 Å². The quantitative estimate of drug-likeness (QED) is 0.803. The zero-order chi connectivity index (χ0) is 15.2. The molecule has 0 fully saturated rings. The highest BCUT2D eigenvalue weighted by Gasteiger charge is 2.31. The number of rotatable bonds is 6. The van der Waals surface area contributed by atoms with Crippen LogP contribution in [0.5, 0.6) is 0 Å². The average molecular weight is 278 g/mol. The normalized spacial score (nSPS) is 14.7. The van der Waals surface area contributed by atoms with Gasteiger partial charge in [-0.05, 0) is 32.8 Å². The second-order valence-corrected chi connectivity index (χ2v) is 6.14. The molecule has 0 heterocycles. The second kappa shape index (κ2) is 7.44. The Hall–Kier alpha value is -1.35. The van der Waals surface area contributed by atoms with Gasteiger partial charge in [-0.25, -0.2) is 0 Å². The number of ether oxygens (including phenoxy) is 1. The molecule has 0 aliphatic carbocycles. The molecule has 0 aliphatic heterocycles. The predicted octanol–water partition coefficient (Wildman–Crippen LogP) is 3.87. The van der Waals surface area contributed by atoms with Crippen LogP contribution in [0.15, 0.2) is 30.3 Å². The summed E-state index contributed by atoms with van der Waals surface area (Å²) in [7, 11) is 0. The molecule has 0 aromatic heterocycles. The number of carbonyl (C=O) groups excluding carboxylic acids is 1. The van der Waals surface area contributed by atoms with E-state index >= 15 is 0 Å². The Morgan fingerprint density at radius 3 is 2.35 bits per heavy atom. The molecule has 2 unspecified atom stereocenters. The third-order valence-electron chi connectivity index (χ3n) is 3.10. The van der Waals surface area contributed by atoms with Gasteiger partial charge in [-0.1, -0.05) is 50.1 Å². The second-order valence-electron chi connectivity index (χ2n) is 6.14. The maximum absolute atomic E-state index is 12.3. The number of hydrogen-bond acceptors (Lipinski definition) is 3. The van der Waals surface area contributed by atoms with E-state index in [1.807, 2.05) is 51.1 Å². The van der Waals surface area contributed by atoms with Gasteiger partial charge in [0.1, 0.15) is 5.60 Å². The van der Waals surface area contributed by atoms with E-state index in [0.717, 1.165) is 18.4 Å². The Kier molecular flexibility index (Phi) is 6.21. The minimum atomic E-state index is -0.808. The summed E-state index contributed by atoms with van der Waals surface area (Å²) >= 11 is 0. The lowest BCUT2D eigenvalue weighted by Gasteiger charge is -2.27. The van der Waals surface area contributed by atoms with E-state index < -0.39 is 17.6 Å². The fourth-order valence-corrected chi connectivity index (χ4v) is 2.09. The number of hydrogen-bond donors (Lipinski definition) is 1. The summed E-state index contributed by atoms with van der Waals surface area (Å²) in [5.74, 6) is -0.820. The van der Waals surface area contributed by atoms with Crippen LogP contribution in [0.2, 0.25) is 0 Å². The molecule has 0 aliphatic rings. The highest BCUT2D eigenvalue weighted by atomic mass is 16.6. The van der Waals surface area contributed by atoms with Crippen molar-refractivity contribution < 1.29 is 14.6 Å². The van der Waals surface area contributed by atoms with Crippen LogP contribution in [0.1, 0.15) is 58.6 Å². The molecule has 0 radical (unpaired) electrons. The van der Waals surface area contributed by atoms with Crippen LogP contribution in [0.3, 0.4) is 0 Å². The summed E-state index contributed by atoms with van der Waals surface area (Å²) in [5.41, 5.74) is 0.234. The van der Waals surface area contributed by atoms with Crippen molar-refractivity contribution in [2.24, 2.45) is 5.92 Å². The number of benzene rings is 1. The summed E-state index contributed by atoms with van der Waals surface area (Å²) in [6.45, 7) is 7.60. The maximum Gasteiger partial charge on any atom is 0.312 e. The molecule has 2 atom stereocenters. The minimum Gasteiger partial charge on any atom is -0.460 e. The summed E-state index contributed by atoms with van der Waals surface area (Å²) in [4.78, 5) is 12.3. The first-order valence-corrected chi connectivity index (χ1v) is 7.31. The number of carbonyl (C=O) groups is 1. The average Bonchev–Trinajstić information content (AvgIpc) is 2.38. The first kappa shape index (κ1) is 16.7. The molecule has 0 saturated carbocycles. The van der Waals surface area contributed by atoms with E-state index in [1.54, 1.807) is 0 Å². The molecule has 1 aromatic carbocycles. The smallest absolute Gasteiger partial charge is 0.312 e. The van der Waals surface area contributed by atoms with Crippen molar-refractivity contribution in [3.05, 3.63) is 35.9 Å². The van der Waals surface area contributed by atoms with E-state index in [9.17, 15) is 9.90 Å². The lowest BCUT2D eigenvalue weighted by molar-refractivity contribution is -0.164. The zero-order valence-corrected chi connectivity index (χ0v) is 12.9. The molecule has 20 heavy (non-hydrogen) atoms. The van der Waals surface area contributed by atoms with Crippen LogP contribution in [0.4, 0.5) is 0 Å². The van der Waals surface area contributed by atoms with Gasteiger partial charge in [0.05, 0.1) is 12.0 Å². The molecule has 3 nitrogen and oxygen atoms in total. The molecule has 0 saturated heterocycles. The van der Waals surface area contributed by atoms with Gasteiger partial charge in [0.25, 0.3) is 0 Å². The van der Waals surface area contributed by atoms with Gasteiger partial charge in [0, 0.05) is 0 Å². The minimum absolute atomic E-state index is 0.317. The molecule has 1 aromatic rings. The van der Waals surface area contributed by atoms with E-state index in [-0.39, 0.29) is 5.97 Å². The molecule has 0 bridgehead atoms. The molecule has 0 spiro atoms. The van der Waals surface area contributed by atoms with Crippen LogP contribution in [-0.2, 0) is 9.53 Å². The standard InChI is InChI=1S/C17H26O3/c1-5-6-12-14(16(19)20-17(2,3)4)15(18)13-10-8-7-9-11-13/h7-11,14-15,18H,5-6,12H2,1-4H3. The molecular formula is C17H26O3. The summed E-state index contributed by atoms with van der Waals surface area (Å²) in [6, 6.07) is 9.31. The Bertz CT molecular complexity index is 406. The number of unbranched alkanes of at least 4 members (excludes halogenated alkanes) is 1. The first-order chi connectivity index (χ1) is 9.35. The van der Waals surface area contributed by atoms with E-state index in [4.69, 9.17) is 4.74 Å². The highest BCUT2D eigenvalue weighted by Crippen LogP contribution is 2.28. The Labute approximate surface area is 122 Å². The van der Waals surface area contributed by atoms with E-state index in [1.165, 1.54) is 0 Å². The van der Waals surface area contributed by atoms with Crippen molar-refractivity contribution in [3.63, 3.8) is 0 Å². The van der Waals surface area contributed by atoms with Gasteiger partial charge in [-0.2, -0.15) is 0 Å². The fraction of sp³-hybridized carbons (Fsp3) is 0.588. The van der Waals surface area contributed by atoms with Crippen LogP contribution >= 0.6 is 0 Å². The fourth-order valence-electron chi connectivity index (χ4n) is 2.09. The van der Waals surface area contributed by atoms with E-state index in [2.05, 4.69) is 6.92 Å². The molecule has 1 N–H and O–H groups in total. The van der Waals surface area contributed by atoms with Crippen molar-refractivity contribution in [3.8, 4) is 0 Å². The Balaban J connectivity index is 2.85. The summed E-state index contributed by atoms with van der Waals surface area (Å²) in [6.07, 6.45) is 1.72. The maximum atomic E-state index is 12.3. The van der Waals surface area contributed by atoms with Crippen LogP contribution in [0, 0.1) is 5.92 Å². The van der Waals surface area contributed by atoms with Crippen molar-refractivity contribution in [1.82, 2.24) is 0 Å². The van der Waals surface area contributed by atoms with Crippen molar-refractivity contribution in [2.75, 3.05) is 0 Å². The van der Waals surface area contributed by atoms with Crippen LogP contribution in [0.25, 0.3) is 0 Å². The van der Waals surface area contributed by atoms with Crippen molar-refractivity contribution >= 4 is 5.97 Å². The monoisotopic (exact) mass is 278 g/mol.